The first kappa shape index (κ1) is 23.7. The van der Waals surface area contributed by atoms with E-state index in [1.165, 1.54) is 6.07 Å². The first-order valence-corrected chi connectivity index (χ1v) is 10.2. The zero-order chi connectivity index (χ0) is 22.3. The van der Waals surface area contributed by atoms with Crippen molar-refractivity contribution in [1.82, 2.24) is 0 Å². The Hall–Kier alpha value is -2.57. The van der Waals surface area contributed by atoms with Crippen LogP contribution in [0, 0.1) is 0 Å². The summed E-state index contributed by atoms with van der Waals surface area (Å²) in [6, 6.07) is 2.55. The van der Waals surface area contributed by atoms with Gasteiger partial charge >= 0.3 is 5.97 Å². The molecule has 6 nitrogen and oxygen atoms in total. The summed E-state index contributed by atoms with van der Waals surface area (Å²) >= 11 is 0. The van der Waals surface area contributed by atoms with E-state index in [0.29, 0.717) is 18.4 Å². The summed E-state index contributed by atoms with van der Waals surface area (Å²) in [4.78, 5) is 12.5. The van der Waals surface area contributed by atoms with E-state index in [1.54, 1.807) is 19.1 Å². The summed E-state index contributed by atoms with van der Waals surface area (Å²) in [5, 5.41) is 20.1. The van der Waals surface area contributed by atoms with E-state index in [4.69, 9.17) is 14.2 Å². The maximum Gasteiger partial charge on any atom is 0.342 e. The van der Waals surface area contributed by atoms with Crippen molar-refractivity contribution in [2.75, 3.05) is 0 Å². The number of benzene rings is 1. The highest BCUT2D eigenvalue weighted by Crippen LogP contribution is 2.32. The van der Waals surface area contributed by atoms with Crippen LogP contribution in [0.3, 0.4) is 0 Å². The number of carbonyl (C=O) groups excluding carboxylic acids is 1. The number of esters is 1. The highest BCUT2D eigenvalue weighted by atomic mass is 16.7. The van der Waals surface area contributed by atoms with Crippen LogP contribution < -0.4 is 0 Å². The summed E-state index contributed by atoms with van der Waals surface area (Å²) in [7, 11) is 0. The van der Waals surface area contributed by atoms with Gasteiger partial charge in [0.05, 0.1) is 6.10 Å². The summed E-state index contributed by atoms with van der Waals surface area (Å²) in [5.74, 6) is -1.74. The van der Waals surface area contributed by atoms with E-state index in [1.807, 2.05) is 39.0 Å². The summed E-state index contributed by atoms with van der Waals surface area (Å²) in [5.41, 5.74) is 0.408. The Bertz CT molecular complexity index is 808. The Morgan fingerprint density at radius 3 is 2.73 bits per heavy atom. The third-order valence-corrected chi connectivity index (χ3v) is 4.66. The van der Waals surface area contributed by atoms with Crippen molar-refractivity contribution in [3.05, 3.63) is 54.1 Å². The third kappa shape index (κ3) is 6.47. The number of carbonyl (C=O) groups is 1. The van der Waals surface area contributed by atoms with Crippen molar-refractivity contribution in [3.8, 4) is 11.5 Å². The van der Waals surface area contributed by atoms with Crippen molar-refractivity contribution in [1.29, 1.82) is 0 Å². The molecule has 0 radical (unpaired) electrons. The van der Waals surface area contributed by atoms with Gasteiger partial charge in [0.25, 0.3) is 0 Å². The van der Waals surface area contributed by atoms with Gasteiger partial charge in [-0.3, -0.25) is 0 Å². The average Bonchev–Trinajstić information content (AvgIpc) is 2.92. The standard InChI is InChI=1S/C24H32O6/c1-6-10-16(3)28-23(27)22-17(14-18(25)15-19(22)26)12-8-9-13-21-20(11-7-2)29-24(4,5)30-21/h6-8,11-12,14-16,20-21,25-26H,1,9-10,13H2,2-5H3/b11-7+,12-8+/t16-,20+,21-/m0/s1. The molecule has 6 heteroatoms. The summed E-state index contributed by atoms with van der Waals surface area (Å²) < 4.78 is 17.2. The first-order chi connectivity index (χ1) is 14.2. The van der Waals surface area contributed by atoms with Gasteiger partial charge in [-0.2, -0.15) is 0 Å². The van der Waals surface area contributed by atoms with Gasteiger partial charge in [0, 0.05) is 12.5 Å². The first-order valence-electron chi connectivity index (χ1n) is 10.2. The monoisotopic (exact) mass is 416 g/mol. The number of rotatable bonds is 9. The van der Waals surface area contributed by atoms with Crippen molar-refractivity contribution >= 4 is 12.0 Å². The molecule has 0 aromatic heterocycles. The Morgan fingerprint density at radius 2 is 2.07 bits per heavy atom. The van der Waals surface area contributed by atoms with Gasteiger partial charge in [0.2, 0.25) is 0 Å². The van der Waals surface area contributed by atoms with Gasteiger partial charge < -0.3 is 24.4 Å². The minimum atomic E-state index is -0.649. The van der Waals surface area contributed by atoms with E-state index in [9.17, 15) is 15.0 Å². The maximum absolute atomic E-state index is 12.5. The molecule has 1 aliphatic heterocycles. The fraction of sp³-hybridized carbons (Fsp3) is 0.458. The number of allylic oxidation sites excluding steroid dienone is 2. The molecule has 1 aliphatic rings. The van der Waals surface area contributed by atoms with Crippen LogP contribution in [-0.4, -0.2) is 40.3 Å². The Morgan fingerprint density at radius 1 is 1.33 bits per heavy atom. The smallest absolute Gasteiger partial charge is 0.342 e. The number of hydrogen-bond donors (Lipinski definition) is 2. The normalized spacial score (nSPS) is 21.9. The predicted molar refractivity (Wildman–Crippen MR) is 116 cm³/mol. The van der Waals surface area contributed by atoms with Gasteiger partial charge in [-0.05, 0) is 52.2 Å². The predicted octanol–water partition coefficient (Wildman–Crippen LogP) is 5.11. The van der Waals surface area contributed by atoms with Crippen molar-refractivity contribution in [2.45, 2.75) is 71.1 Å². The molecular weight excluding hydrogens is 384 g/mol. The Kier molecular flexibility index (Phi) is 8.26. The fourth-order valence-electron chi connectivity index (χ4n) is 3.42. The second kappa shape index (κ2) is 10.5. The van der Waals surface area contributed by atoms with Crippen LogP contribution in [0.1, 0.15) is 62.9 Å². The molecule has 3 atom stereocenters. The fourth-order valence-corrected chi connectivity index (χ4v) is 3.42. The highest BCUT2D eigenvalue weighted by molar-refractivity contribution is 5.97. The zero-order valence-corrected chi connectivity index (χ0v) is 18.1. The third-order valence-electron chi connectivity index (χ3n) is 4.66. The molecule has 0 unspecified atom stereocenters. The minimum absolute atomic E-state index is 0.0216. The van der Waals surface area contributed by atoms with Crippen LogP contribution >= 0.6 is 0 Å². The molecule has 164 valence electrons. The molecule has 1 fully saturated rings. The van der Waals surface area contributed by atoms with Crippen LogP contribution in [-0.2, 0) is 14.2 Å². The molecule has 0 aliphatic carbocycles. The highest BCUT2D eigenvalue weighted by Gasteiger charge is 2.39. The number of phenolic OH excluding ortho intramolecular Hbond substituents is 2. The van der Waals surface area contributed by atoms with E-state index in [-0.39, 0.29) is 35.4 Å². The molecule has 1 aromatic carbocycles. The maximum atomic E-state index is 12.5. The zero-order valence-electron chi connectivity index (χ0n) is 18.1. The van der Waals surface area contributed by atoms with Crippen LogP contribution in [0.2, 0.25) is 0 Å². The van der Waals surface area contributed by atoms with E-state index >= 15 is 0 Å². The number of phenols is 2. The SMILES string of the molecule is C=CC[C@H](C)OC(=O)c1c(O)cc(O)cc1/C=C/CC[C@@H]1OC(C)(C)O[C@@H]1/C=C/C. The Balaban J connectivity index is 2.11. The van der Waals surface area contributed by atoms with Crippen molar-refractivity contribution in [2.24, 2.45) is 0 Å². The van der Waals surface area contributed by atoms with Gasteiger partial charge in [0.1, 0.15) is 29.3 Å². The number of aromatic hydroxyl groups is 2. The molecule has 0 spiro atoms. The van der Waals surface area contributed by atoms with Crippen LogP contribution in [0.25, 0.3) is 6.08 Å². The van der Waals surface area contributed by atoms with E-state index in [2.05, 4.69) is 6.58 Å². The van der Waals surface area contributed by atoms with Crippen LogP contribution in [0.5, 0.6) is 11.5 Å². The van der Waals surface area contributed by atoms with Gasteiger partial charge in [-0.1, -0.05) is 30.4 Å². The molecule has 0 bridgehead atoms. The van der Waals surface area contributed by atoms with Crippen molar-refractivity contribution in [3.63, 3.8) is 0 Å². The molecule has 2 N–H and O–H groups in total. The number of ether oxygens (including phenoxy) is 3. The lowest BCUT2D eigenvalue weighted by Gasteiger charge is -2.16. The topological polar surface area (TPSA) is 85.2 Å². The molecule has 1 heterocycles. The molecular formula is C24H32O6. The molecule has 1 aromatic rings. The van der Waals surface area contributed by atoms with Crippen LogP contribution in [0.4, 0.5) is 0 Å². The number of hydrogen-bond acceptors (Lipinski definition) is 6. The van der Waals surface area contributed by atoms with E-state index < -0.39 is 11.8 Å². The molecule has 2 rings (SSSR count). The lowest BCUT2D eigenvalue weighted by atomic mass is 10.0. The lowest BCUT2D eigenvalue weighted by Crippen LogP contribution is -2.21. The quantitative estimate of drug-likeness (QED) is 0.430. The molecule has 0 saturated carbocycles. The van der Waals surface area contributed by atoms with Gasteiger partial charge in [-0.25, -0.2) is 4.79 Å². The second-order valence-electron chi connectivity index (χ2n) is 7.81. The van der Waals surface area contributed by atoms with Gasteiger partial charge in [0.15, 0.2) is 5.79 Å². The largest absolute Gasteiger partial charge is 0.508 e. The molecule has 1 saturated heterocycles. The van der Waals surface area contributed by atoms with E-state index in [0.717, 1.165) is 12.5 Å². The lowest BCUT2D eigenvalue weighted by molar-refractivity contribution is -0.143. The van der Waals surface area contributed by atoms with Crippen LogP contribution in [0.15, 0.2) is 43.0 Å². The average molecular weight is 417 g/mol. The summed E-state index contributed by atoms with van der Waals surface area (Å²) in [6.07, 6.45) is 10.5. The summed E-state index contributed by atoms with van der Waals surface area (Å²) in [6.45, 7) is 11.1. The minimum Gasteiger partial charge on any atom is -0.508 e. The molecule has 30 heavy (non-hydrogen) atoms. The molecule has 0 amide bonds. The van der Waals surface area contributed by atoms with Crippen molar-refractivity contribution < 1.29 is 29.2 Å². The Labute approximate surface area is 178 Å². The second-order valence-corrected chi connectivity index (χ2v) is 7.81. The van der Waals surface area contributed by atoms with Gasteiger partial charge in [-0.15, -0.1) is 6.58 Å².